The van der Waals surface area contributed by atoms with Crippen LogP contribution in [0.1, 0.15) is 18.5 Å². The summed E-state index contributed by atoms with van der Waals surface area (Å²) in [7, 11) is 0. The fourth-order valence-corrected chi connectivity index (χ4v) is 2.23. The van der Waals surface area contributed by atoms with E-state index >= 15 is 0 Å². The van der Waals surface area contributed by atoms with Crippen molar-refractivity contribution in [3.05, 3.63) is 27.7 Å². The lowest BCUT2D eigenvalue weighted by Crippen LogP contribution is -2.21. The normalized spacial score (nSPS) is 12.8. The topological polar surface area (TPSA) is 32.3 Å². The molecule has 0 radical (unpaired) electrons. The second-order valence-corrected chi connectivity index (χ2v) is 5.32. The first-order valence-corrected chi connectivity index (χ1v) is 7.11. The van der Waals surface area contributed by atoms with Crippen LogP contribution in [-0.2, 0) is 0 Å². The third-order valence-electron chi connectivity index (χ3n) is 2.28. The van der Waals surface area contributed by atoms with Crippen molar-refractivity contribution < 1.29 is 5.11 Å². The quantitative estimate of drug-likeness (QED) is 0.806. The van der Waals surface area contributed by atoms with E-state index in [-0.39, 0.29) is 11.8 Å². The van der Waals surface area contributed by atoms with Crippen LogP contribution in [0, 0.1) is 0 Å². The van der Waals surface area contributed by atoms with Gasteiger partial charge in [-0.3, -0.25) is 0 Å². The van der Waals surface area contributed by atoms with Gasteiger partial charge in [-0.15, -0.1) is 0 Å². The highest BCUT2D eigenvalue weighted by atomic mass is 35.5. The van der Waals surface area contributed by atoms with Crippen LogP contribution in [0.25, 0.3) is 0 Å². The summed E-state index contributed by atoms with van der Waals surface area (Å²) < 4.78 is 0. The number of phenols is 1. The summed E-state index contributed by atoms with van der Waals surface area (Å²) in [5.74, 6) is 1.13. The van der Waals surface area contributed by atoms with Crippen LogP contribution in [0.4, 0.5) is 0 Å². The van der Waals surface area contributed by atoms with Crippen LogP contribution in [0.15, 0.2) is 12.1 Å². The fourth-order valence-electron chi connectivity index (χ4n) is 1.40. The molecule has 0 amide bonds. The third kappa shape index (κ3) is 3.74. The third-order valence-corrected chi connectivity index (χ3v) is 3.40. The molecule has 0 aliphatic rings. The van der Waals surface area contributed by atoms with Crippen LogP contribution in [-0.4, -0.2) is 23.7 Å². The number of halogens is 2. The van der Waals surface area contributed by atoms with Crippen LogP contribution >= 0.6 is 35.0 Å². The molecule has 0 saturated carbocycles. The van der Waals surface area contributed by atoms with Crippen molar-refractivity contribution in [2.75, 3.05) is 18.6 Å². The van der Waals surface area contributed by atoms with Crippen LogP contribution in [0.5, 0.6) is 5.75 Å². The lowest BCUT2D eigenvalue weighted by Gasteiger charge is -2.16. The summed E-state index contributed by atoms with van der Waals surface area (Å²) in [5, 5.41) is 13.9. The van der Waals surface area contributed by atoms with Crippen molar-refractivity contribution in [2.45, 2.75) is 13.0 Å². The highest BCUT2D eigenvalue weighted by molar-refractivity contribution is 7.98. The molecule has 0 saturated heterocycles. The SMILES string of the molecule is CSCCNC(C)c1cc(Cl)cc(Cl)c1O. The maximum Gasteiger partial charge on any atom is 0.139 e. The first-order chi connectivity index (χ1) is 7.56. The minimum Gasteiger partial charge on any atom is -0.506 e. The molecule has 0 heterocycles. The molecule has 2 N–H and O–H groups in total. The van der Waals surface area contributed by atoms with Crippen LogP contribution < -0.4 is 5.32 Å². The summed E-state index contributed by atoms with van der Waals surface area (Å²) in [6.07, 6.45) is 2.06. The second kappa shape index (κ2) is 6.60. The summed E-state index contributed by atoms with van der Waals surface area (Å²) in [5.41, 5.74) is 0.735. The monoisotopic (exact) mass is 279 g/mol. The van der Waals surface area contributed by atoms with E-state index in [0.717, 1.165) is 17.9 Å². The molecule has 90 valence electrons. The molecule has 5 heteroatoms. The Morgan fingerprint density at radius 3 is 2.75 bits per heavy atom. The average molecular weight is 280 g/mol. The largest absolute Gasteiger partial charge is 0.506 e. The Morgan fingerprint density at radius 2 is 2.12 bits per heavy atom. The average Bonchev–Trinajstić information content (AvgIpc) is 2.23. The molecule has 1 atom stereocenters. The zero-order valence-corrected chi connectivity index (χ0v) is 11.6. The molecule has 0 aliphatic carbocycles. The molecule has 16 heavy (non-hydrogen) atoms. The molecule has 0 fully saturated rings. The molecule has 0 aliphatic heterocycles. The number of benzene rings is 1. The van der Waals surface area contributed by atoms with Crippen molar-refractivity contribution in [1.82, 2.24) is 5.32 Å². The Hall–Kier alpha value is -0.0900. The molecule has 0 aromatic heterocycles. The smallest absolute Gasteiger partial charge is 0.139 e. The summed E-state index contributed by atoms with van der Waals surface area (Å²) >= 11 is 13.5. The van der Waals surface area contributed by atoms with Gasteiger partial charge >= 0.3 is 0 Å². The van der Waals surface area contributed by atoms with Gasteiger partial charge in [0.1, 0.15) is 5.75 Å². The standard InChI is InChI=1S/C11H15Cl2NOS/c1-7(14-3-4-16-2)9-5-8(12)6-10(13)11(9)15/h5-7,14-15H,3-4H2,1-2H3. The lowest BCUT2D eigenvalue weighted by atomic mass is 10.1. The summed E-state index contributed by atoms with van der Waals surface area (Å²) in [6.45, 7) is 2.86. The molecular weight excluding hydrogens is 265 g/mol. The van der Waals surface area contributed by atoms with Gasteiger partial charge in [-0.05, 0) is 25.3 Å². The number of hydrogen-bond donors (Lipinski definition) is 2. The van der Waals surface area contributed by atoms with E-state index in [1.165, 1.54) is 6.07 Å². The maximum absolute atomic E-state index is 9.81. The molecule has 0 bridgehead atoms. The van der Waals surface area contributed by atoms with E-state index in [4.69, 9.17) is 23.2 Å². The molecule has 1 aromatic carbocycles. The van der Waals surface area contributed by atoms with Crippen molar-refractivity contribution in [2.24, 2.45) is 0 Å². The predicted molar refractivity (Wildman–Crippen MR) is 72.9 cm³/mol. The second-order valence-electron chi connectivity index (χ2n) is 3.49. The number of nitrogens with one attached hydrogen (secondary N) is 1. The Morgan fingerprint density at radius 1 is 1.44 bits per heavy atom. The highest BCUT2D eigenvalue weighted by Crippen LogP contribution is 2.34. The zero-order chi connectivity index (χ0) is 12.1. The summed E-state index contributed by atoms with van der Waals surface area (Å²) in [4.78, 5) is 0. The van der Waals surface area contributed by atoms with E-state index < -0.39 is 0 Å². The molecule has 1 rings (SSSR count). The highest BCUT2D eigenvalue weighted by Gasteiger charge is 2.13. The predicted octanol–water partition coefficient (Wildman–Crippen LogP) is 3.71. The zero-order valence-electron chi connectivity index (χ0n) is 9.26. The van der Waals surface area contributed by atoms with Gasteiger partial charge in [0.2, 0.25) is 0 Å². The van der Waals surface area contributed by atoms with Crippen molar-refractivity contribution in [3.8, 4) is 5.75 Å². The van der Waals surface area contributed by atoms with Gasteiger partial charge in [0.05, 0.1) is 5.02 Å². The van der Waals surface area contributed by atoms with E-state index in [9.17, 15) is 5.11 Å². The minimum atomic E-state index is 0.0309. The first-order valence-electron chi connectivity index (χ1n) is 4.96. The molecule has 1 unspecified atom stereocenters. The van der Waals surface area contributed by atoms with Gasteiger partial charge in [0.15, 0.2) is 0 Å². The van der Waals surface area contributed by atoms with E-state index in [1.54, 1.807) is 17.8 Å². The van der Waals surface area contributed by atoms with Crippen molar-refractivity contribution in [3.63, 3.8) is 0 Å². The maximum atomic E-state index is 9.81. The van der Waals surface area contributed by atoms with Crippen molar-refractivity contribution >= 4 is 35.0 Å². The Labute approximate surface area is 110 Å². The van der Waals surface area contributed by atoms with Gasteiger partial charge < -0.3 is 10.4 Å². The number of thioether (sulfide) groups is 1. The number of aromatic hydroxyl groups is 1. The lowest BCUT2D eigenvalue weighted by molar-refractivity contribution is 0.455. The minimum absolute atomic E-state index is 0.0309. The van der Waals surface area contributed by atoms with Crippen LogP contribution in [0.3, 0.4) is 0 Å². The van der Waals surface area contributed by atoms with Gasteiger partial charge in [0, 0.05) is 28.9 Å². The van der Waals surface area contributed by atoms with Crippen LogP contribution in [0.2, 0.25) is 10.0 Å². The molecule has 0 spiro atoms. The molecule has 2 nitrogen and oxygen atoms in total. The Balaban J connectivity index is 2.78. The number of phenolic OH excluding ortho intramolecular Hbond substituents is 1. The number of rotatable bonds is 5. The Bertz CT molecular complexity index is 360. The van der Waals surface area contributed by atoms with Gasteiger partial charge in [-0.25, -0.2) is 0 Å². The molecule has 1 aromatic rings. The van der Waals surface area contributed by atoms with Crippen molar-refractivity contribution in [1.29, 1.82) is 0 Å². The van der Waals surface area contributed by atoms with E-state index in [2.05, 4.69) is 11.6 Å². The van der Waals surface area contributed by atoms with E-state index in [1.807, 2.05) is 6.92 Å². The van der Waals surface area contributed by atoms with E-state index in [0.29, 0.717) is 10.0 Å². The van der Waals surface area contributed by atoms with Gasteiger partial charge in [0.25, 0.3) is 0 Å². The number of hydrogen-bond acceptors (Lipinski definition) is 3. The van der Waals surface area contributed by atoms with Gasteiger partial charge in [-0.1, -0.05) is 23.2 Å². The Kier molecular flexibility index (Phi) is 5.76. The molecular formula is C11H15Cl2NOS. The first kappa shape index (κ1) is 14.0. The van der Waals surface area contributed by atoms with Gasteiger partial charge in [-0.2, -0.15) is 11.8 Å². The fraction of sp³-hybridized carbons (Fsp3) is 0.455. The summed E-state index contributed by atoms with van der Waals surface area (Å²) in [6, 6.07) is 3.30.